The molecule has 1 amide bonds. The maximum absolute atomic E-state index is 12.7. The summed E-state index contributed by atoms with van der Waals surface area (Å²) in [5, 5.41) is 9.62. The van der Waals surface area contributed by atoms with Gasteiger partial charge in [0.25, 0.3) is 0 Å². The minimum atomic E-state index is -0.593. The summed E-state index contributed by atoms with van der Waals surface area (Å²) in [6.07, 6.45) is 5.00. The van der Waals surface area contributed by atoms with E-state index in [1.807, 2.05) is 14.1 Å². The van der Waals surface area contributed by atoms with Crippen LogP contribution in [-0.4, -0.2) is 86.2 Å². The molecule has 1 atom stereocenters. The monoisotopic (exact) mass is 322 g/mol. The Bertz CT molecular complexity index is 440. The van der Waals surface area contributed by atoms with E-state index in [0.717, 1.165) is 45.3 Å². The van der Waals surface area contributed by atoms with Crippen molar-refractivity contribution in [2.24, 2.45) is 0 Å². The molecule has 2 rings (SSSR count). The van der Waals surface area contributed by atoms with Gasteiger partial charge in [0, 0.05) is 26.7 Å². The van der Waals surface area contributed by atoms with Gasteiger partial charge in [-0.25, -0.2) is 0 Å². The predicted octanol–water partition coefficient (Wildman–Crippen LogP) is 0.934. The molecule has 23 heavy (non-hydrogen) atoms. The van der Waals surface area contributed by atoms with E-state index in [2.05, 4.69) is 15.9 Å². The number of likely N-dealkylation sites (N-methyl/N-ethyl adjacent to an activating group) is 2. The Labute approximate surface area is 140 Å². The molecule has 6 heteroatoms. The van der Waals surface area contributed by atoms with Crippen LogP contribution in [0.1, 0.15) is 32.1 Å². The van der Waals surface area contributed by atoms with Crippen LogP contribution < -0.4 is 0 Å². The molecule has 6 nitrogen and oxygen atoms in total. The number of nitrogens with zero attached hydrogens (tertiary/aromatic N) is 4. The van der Waals surface area contributed by atoms with E-state index in [4.69, 9.17) is 4.74 Å². The van der Waals surface area contributed by atoms with Crippen molar-refractivity contribution in [1.29, 1.82) is 5.26 Å². The van der Waals surface area contributed by atoms with Crippen molar-refractivity contribution < 1.29 is 9.53 Å². The number of hydrogen-bond acceptors (Lipinski definition) is 5. The molecule has 0 radical (unpaired) electrons. The molecule has 0 N–H and O–H groups in total. The maximum Gasteiger partial charge on any atom is 0.237 e. The van der Waals surface area contributed by atoms with Gasteiger partial charge in [-0.3, -0.25) is 9.69 Å². The largest absolute Gasteiger partial charge is 0.374 e. The molecular weight excluding hydrogens is 292 g/mol. The number of carbonyl (C=O) groups excluding carboxylic acids is 1. The van der Waals surface area contributed by atoms with Crippen molar-refractivity contribution in [2.45, 2.75) is 43.7 Å². The zero-order chi connectivity index (χ0) is 16.9. The molecule has 1 heterocycles. The highest BCUT2D eigenvalue weighted by molar-refractivity contribution is 5.79. The van der Waals surface area contributed by atoms with E-state index in [1.165, 1.54) is 6.42 Å². The molecule has 0 spiro atoms. The van der Waals surface area contributed by atoms with Crippen LogP contribution in [0.5, 0.6) is 0 Å². The SMILES string of the molecule is CN(C)C[C@@H]1CN(CC(=O)N(C)C2(C#N)CCCCC2)CCO1. The highest BCUT2D eigenvalue weighted by Crippen LogP contribution is 2.32. The van der Waals surface area contributed by atoms with Gasteiger partial charge in [0.05, 0.1) is 25.3 Å². The summed E-state index contributed by atoms with van der Waals surface area (Å²) < 4.78 is 5.76. The summed E-state index contributed by atoms with van der Waals surface area (Å²) in [5.74, 6) is 0.0546. The number of amides is 1. The summed E-state index contributed by atoms with van der Waals surface area (Å²) in [5.41, 5.74) is -0.593. The van der Waals surface area contributed by atoms with Crippen LogP contribution in [0.25, 0.3) is 0 Å². The first-order valence-electron chi connectivity index (χ1n) is 8.63. The van der Waals surface area contributed by atoms with Gasteiger partial charge < -0.3 is 14.5 Å². The molecular formula is C17H30N4O2. The Morgan fingerprint density at radius 3 is 2.61 bits per heavy atom. The van der Waals surface area contributed by atoms with Crippen LogP contribution >= 0.6 is 0 Å². The van der Waals surface area contributed by atoms with Gasteiger partial charge >= 0.3 is 0 Å². The van der Waals surface area contributed by atoms with E-state index in [0.29, 0.717) is 13.2 Å². The van der Waals surface area contributed by atoms with Crippen LogP contribution in [0.2, 0.25) is 0 Å². The van der Waals surface area contributed by atoms with Gasteiger partial charge in [0.1, 0.15) is 5.54 Å². The first-order chi connectivity index (χ1) is 11.0. The average molecular weight is 322 g/mol. The summed E-state index contributed by atoms with van der Waals surface area (Å²) in [6, 6.07) is 2.43. The zero-order valence-corrected chi connectivity index (χ0v) is 14.8. The highest BCUT2D eigenvalue weighted by Gasteiger charge is 2.39. The van der Waals surface area contributed by atoms with Gasteiger partial charge in [0.2, 0.25) is 5.91 Å². The Balaban J connectivity index is 1.91. The number of ether oxygens (including phenoxy) is 1. The molecule has 2 aliphatic rings. The molecule has 0 unspecified atom stereocenters. The van der Waals surface area contributed by atoms with E-state index in [1.54, 1.807) is 11.9 Å². The van der Waals surface area contributed by atoms with Crippen molar-refractivity contribution in [2.75, 3.05) is 53.9 Å². The van der Waals surface area contributed by atoms with Crippen molar-refractivity contribution in [3.05, 3.63) is 0 Å². The second-order valence-electron chi connectivity index (χ2n) is 7.15. The molecule has 0 aromatic rings. The number of morpholine rings is 1. The van der Waals surface area contributed by atoms with Gasteiger partial charge in [0.15, 0.2) is 0 Å². The summed E-state index contributed by atoms with van der Waals surface area (Å²) in [7, 11) is 5.86. The fraction of sp³-hybridized carbons (Fsp3) is 0.882. The molecule has 1 aliphatic heterocycles. The first-order valence-corrected chi connectivity index (χ1v) is 8.63. The topological polar surface area (TPSA) is 59.8 Å². The van der Waals surface area contributed by atoms with E-state index in [9.17, 15) is 10.1 Å². The van der Waals surface area contributed by atoms with E-state index >= 15 is 0 Å². The third-order valence-corrected chi connectivity index (χ3v) is 5.06. The molecule has 0 aromatic heterocycles. The third kappa shape index (κ3) is 4.66. The molecule has 1 saturated carbocycles. The van der Waals surface area contributed by atoms with Crippen molar-refractivity contribution in [3.8, 4) is 6.07 Å². The average Bonchev–Trinajstić information content (AvgIpc) is 2.54. The van der Waals surface area contributed by atoms with Crippen molar-refractivity contribution in [1.82, 2.24) is 14.7 Å². The lowest BCUT2D eigenvalue weighted by atomic mass is 9.81. The number of rotatable bonds is 5. The fourth-order valence-electron chi connectivity index (χ4n) is 3.64. The Morgan fingerprint density at radius 1 is 1.30 bits per heavy atom. The molecule has 2 fully saturated rings. The van der Waals surface area contributed by atoms with E-state index in [-0.39, 0.29) is 12.0 Å². The lowest BCUT2D eigenvalue weighted by molar-refractivity contribution is -0.138. The van der Waals surface area contributed by atoms with Crippen LogP contribution in [0.3, 0.4) is 0 Å². The summed E-state index contributed by atoms with van der Waals surface area (Å²) in [6.45, 7) is 3.47. The van der Waals surface area contributed by atoms with E-state index < -0.39 is 5.54 Å². The van der Waals surface area contributed by atoms with Crippen LogP contribution in [0, 0.1) is 11.3 Å². The van der Waals surface area contributed by atoms with Gasteiger partial charge in [-0.2, -0.15) is 5.26 Å². The zero-order valence-electron chi connectivity index (χ0n) is 14.8. The normalized spacial score (nSPS) is 25.1. The van der Waals surface area contributed by atoms with Crippen LogP contribution in [-0.2, 0) is 9.53 Å². The Morgan fingerprint density at radius 2 is 2.00 bits per heavy atom. The Kier molecular flexibility index (Phi) is 6.40. The third-order valence-electron chi connectivity index (χ3n) is 5.06. The van der Waals surface area contributed by atoms with Gasteiger partial charge in [-0.1, -0.05) is 19.3 Å². The van der Waals surface area contributed by atoms with Crippen molar-refractivity contribution >= 4 is 5.91 Å². The Hall–Kier alpha value is -1.16. The molecule has 1 saturated heterocycles. The lowest BCUT2D eigenvalue weighted by Gasteiger charge is -2.40. The second-order valence-corrected chi connectivity index (χ2v) is 7.15. The molecule has 130 valence electrons. The quantitative estimate of drug-likeness (QED) is 0.754. The summed E-state index contributed by atoms with van der Waals surface area (Å²) >= 11 is 0. The van der Waals surface area contributed by atoms with Crippen molar-refractivity contribution in [3.63, 3.8) is 0 Å². The number of nitriles is 1. The smallest absolute Gasteiger partial charge is 0.237 e. The second kappa shape index (κ2) is 8.09. The maximum atomic E-state index is 12.7. The number of hydrogen-bond donors (Lipinski definition) is 0. The van der Waals surface area contributed by atoms with Gasteiger partial charge in [-0.15, -0.1) is 0 Å². The van der Waals surface area contributed by atoms with Crippen LogP contribution in [0.4, 0.5) is 0 Å². The molecule has 0 aromatic carbocycles. The molecule has 0 bridgehead atoms. The number of carbonyl (C=O) groups is 1. The minimum absolute atomic E-state index is 0.0546. The fourth-order valence-corrected chi connectivity index (χ4v) is 3.64. The predicted molar refractivity (Wildman–Crippen MR) is 88.9 cm³/mol. The summed E-state index contributed by atoms with van der Waals surface area (Å²) in [4.78, 5) is 18.7. The molecule has 1 aliphatic carbocycles. The first kappa shape index (κ1) is 18.2. The lowest BCUT2D eigenvalue weighted by Crippen LogP contribution is -2.55. The van der Waals surface area contributed by atoms with Crippen LogP contribution in [0.15, 0.2) is 0 Å². The van der Waals surface area contributed by atoms with Gasteiger partial charge in [-0.05, 0) is 26.9 Å². The minimum Gasteiger partial charge on any atom is -0.374 e. The highest BCUT2D eigenvalue weighted by atomic mass is 16.5. The standard InChI is InChI=1S/C17H30N4O2/c1-19(2)11-15-12-21(9-10-23-15)13-16(22)20(3)17(14-18)7-5-4-6-8-17/h15H,4-13H2,1-3H3/t15-/m1/s1.